The summed E-state index contributed by atoms with van der Waals surface area (Å²) in [5.41, 5.74) is 3.36. The normalized spacial score (nSPS) is 7.60. The lowest BCUT2D eigenvalue weighted by Gasteiger charge is -1.79. The van der Waals surface area contributed by atoms with Crippen molar-refractivity contribution in [2.45, 2.75) is 56.4 Å². The predicted molar refractivity (Wildman–Crippen MR) is 88.7 cm³/mol. The topological polar surface area (TPSA) is 64.7 Å². The first kappa shape index (κ1) is 27.1. The molecule has 2 aromatic rings. The van der Waals surface area contributed by atoms with Crippen molar-refractivity contribution in [1.82, 2.24) is 20.4 Å². The molecule has 0 aliphatic heterocycles. The van der Waals surface area contributed by atoms with E-state index in [1.54, 1.807) is 11.0 Å². The molecule has 120 valence electrons. The van der Waals surface area contributed by atoms with E-state index in [1.165, 1.54) is 24.1 Å². The van der Waals surface area contributed by atoms with Crippen LogP contribution in [-0.4, -0.2) is 20.4 Å². The van der Waals surface area contributed by atoms with Crippen LogP contribution >= 0.6 is 11.3 Å². The first-order valence-corrected chi connectivity index (χ1v) is 6.78. The van der Waals surface area contributed by atoms with Crippen LogP contribution in [0.2, 0.25) is 0 Å². The molecular formula is C14H32N4OS. The quantitative estimate of drug-likeness (QED) is 0.669. The molecule has 0 amide bonds. The van der Waals surface area contributed by atoms with E-state index >= 15 is 0 Å². The Morgan fingerprint density at radius 2 is 1.00 bits per heavy atom. The van der Waals surface area contributed by atoms with Crippen molar-refractivity contribution in [3.63, 3.8) is 0 Å². The number of hydrogen-bond donors (Lipinski definition) is 0. The van der Waals surface area contributed by atoms with Gasteiger partial charge in [-0.25, -0.2) is 0 Å². The molecule has 0 saturated heterocycles. The van der Waals surface area contributed by atoms with Crippen LogP contribution in [0.3, 0.4) is 0 Å². The van der Waals surface area contributed by atoms with Crippen molar-refractivity contribution in [3.05, 3.63) is 23.8 Å². The number of aromatic nitrogens is 4. The average molecular weight is 305 g/mol. The van der Waals surface area contributed by atoms with Gasteiger partial charge in [-0.15, -0.1) is 31.7 Å². The van der Waals surface area contributed by atoms with Crippen molar-refractivity contribution < 1.29 is 4.42 Å². The second kappa shape index (κ2) is 22.8. The molecule has 0 aliphatic carbocycles. The first-order valence-electron chi connectivity index (χ1n) is 5.84. The van der Waals surface area contributed by atoms with Gasteiger partial charge in [0.25, 0.3) is 0 Å². The average Bonchev–Trinajstić information content (AvgIpc) is 2.96. The fraction of sp³-hybridized carbons (Fsp3) is 0.714. The maximum Gasteiger partial charge on any atom is 0.203 e. The van der Waals surface area contributed by atoms with Gasteiger partial charge in [0, 0.05) is 0 Å². The summed E-state index contributed by atoms with van der Waals surface area (Å²) in [4.78, 5) is 0. The third kappa shape index (κ3) is 54.4. The fourth-order valence-corrected chi connectivity index (χ4v) is 0.544. The molecule has 2 rings (SSSR count). The molecule has 0 bridgehead atoms. The smallest absolute Gasteiger partial charge is 0.203 e. The maximum atomic E-state index is 4.36. The minimum absolute atomic E-state index is 0. The Morgan fingerprint density at radius 1 is 0.700 bits per heavy atom. The van der Waals surface area contributed by atoms with Gasteiger partial charge in [0.2, 0.25) is 12.8 Å². The molecule has 0 N–H and O–H groups in total. The Morgan fingerprint density at radius 3 is 1.10 bits per heavy atom. The molecule has 0 aromatic carbocycles. The summed E-state index contributed by atoms with van der Waals surface area (Å²) in [5, 5.41) is 13.6. The lowest BCUT2D eigenvalue weighted by molar-refractivity contribution is 0.553. The van der Waals surface area contributed by atoms with Crippen LogP contribution in [0.4, 0.5) is 0 Å². The van der Waals surface area contributed by atoms with E-state index in [4.69, 9.17) is 0 Å². The molecule has 2 aromatic heterocycles. The molecule has 0 unspecified atom stereocenters. The lowest BCUT2D eigenvalue weighted by atomic mass is 10.3. The summed E-state index contributed by atoms with van der Waals surface area (Å²) in [6, 6.07) is 0. The summed E-state index contributed by atoms with van der Waals surface area (Å²) in [7, 11) is 0. The molecule has 0 saturated carbocycles. The van der Waals surface area contributed by atoms with Crippen LogP contribution in [0, 0.1) is 11.8 Å². The molecule has 0 fully saturated rings. The number of nitrogens with zero attached hydrogens (tertiary/aromatic N) is 4. The van der Waals surface area contributed by atoms with E-state index < -0.39 is 0 Å². The van der Waals surface area contributed by atoms with Crippen molar-refractivity contribution in [1.29, 1.82) is 0 Å². The zero-order valence-corrected chi connectivity index (χ0v) is 12.9. The van der Waals surface area contributed by atoms with Gasteiger partial charge in [-0.05, 0) is 11.8 Å². The second-order valence-electron chi connectivity index (χ2n) is 4.62. The Hall–Kier alpha value is -1.30. The summed E-state index contributed by atoms with van der Waals surface area (Å²) in [6.07, 6.45) is 2.53. The van der Waals surface area contributed by atoms with Gasteiger partial charge >= 0.3 is 0 Å². The third-order valence-corrected chi connectivity index (χ3v) is 0.997. The summed E-state index contributed by atoms with van der Waals surface area (Å²) in [5.74, 6) is 1.67. The first-order chi connectivity index (χ1) is 8.46. The summed E-state index contributed by atoms with van der Waals surface area (Å²) >= 11 is 1.49. The van der Waals surface area contributed by atoms with Crippen LogP contribution < -0.4 is 0 Å². The SMILES string of the molecule is C.C.CC(C)C.CC(C)C.c1nnco1.c1nncs1. The van der Waals surface area contributed by atoms with Crippen LogP contribution in [0.15, 0.2) is 28.2 Å². The highest BCUT2D eigenvalue weighted by atomic mass is 32.1. The summed E-state index contributed by atoms with van der Waals surface area (Å²) in [6.45, 7) is 13.0. The second-order valence-corrected chi connectivity index (χ2v) is 5.31. The zero-order valence-electron chi connectivity index (χ0n) is 12.1. The Bertz CT molecular complexity index is 225. The van der Waals surface area contributed by atoms with E-state index in [0.717, 1.165) is 11.8 Å². The van der Waals surface area contributed by atoms with Crippen molar-refractivity contribution in [2.75, 3.05) is 0 Å². The molecule has 0 atom stereocenters. The zero-order chi connectivity index (χ0) is 14.2. The van der Waals surface area contributed by atoms with Crippen molar-refractivity contribution in [2.24, 2.45) is 11.8 Å². The van der Waals surface area contributed by atoms with Crippen LogP contribution in [-0.2, 0) is 0 Å². The van der Waals surface area contributed by atoms with Crippen LogP contribution in [0.25, 0.3) is 0 Å². The van der Waals surface area contributed by atoms with E-state index in [1.807, 2.05) is 0 Å². The molecule has 0 radical (unpaired) electrons. The minimum atomic E-state index is 0. The van der Waals surface area contributed by atoms with Gasteiger partial charge in [0.1, 0.15) is 11.0 Å². The van der Waals surface area contributed by atoms with Gasteiger partial charge in [-0.2, -0.15) is 0 Å². The predicted octanol–water partition coefficient (Wildman–Crippen LogP) is 5.20. The maximum absolute atomic E-state index is 4.36. The Kier molecular flexibility index (Phi) is 31.0. The molecule has 0 spiro atoms. The van der Waals surface area contributed by atoms with Gasteiger partial charge in [-0.3, -0.25) is 0 Å². The number of rotatable bonds is 0. The molecule has 6 heteroatoms. The molecule has 0 aliphatic rings. The van der Waals surface area contributed by atoms with Gasteiger partial charge in [0.05, 0.1) is 0 Å². The standard InChI is InChI=1S/2C4H10.C2H2N2O.C2H2N2S.2CH4/c2*1-4(2)3;2*1-3-4-2-5-1;;/h2*4H,1-3H3;2*1-2H;2*1H4. The van der Waals surface area contributed by atoms with Crippen molar-refractivity contribution >= 4 is 11.3 Å². The highest BCUT2D eigenvalue weighted by Gasteiger charge is 1.68. The Labute approximate surface area is 128 Å². The van der Waals surface area contributed by atoms with Gasteiger partial charge in [0.15, 0.2) is 0 Å². The lowest BCUT2D eigenvalue weighted by Crippen LogP contribution is -1.66. The summed E-state index contributed by atoms with van der Waals surface area (Å²) < 4.78 is 4.36. The highest BCUT2D eigenvalue weighted by Crippen LogP contribution is 1.81. The van der Waals surface area contributed by atoms with E-state index in [0.29, 0.717) is 0 Å². The highest BCUT2D eigenvalue weighted by molar-refractivity contribution is 7.07. The van der Waals surface area contributed by atoms with Crippen molar-refractivity contribution in [3.8, 4) is 0 Å². The molecule has 20 heavy (non-hydrogen) atoms. The monoisotopic (exact) mass is 304 g/mol. The van der Waals surface area contributed by atoms with Crippen LogP contribution in [0.1, 0.15) is 56.4 Å². The Balaban J connectivity index is -0.0000000833. The van der Waals surface area contributed by atoms with Crippen LogP contribution in [0.5, 0.6) is 0 Å². The fourth-order valence-electron chi connectivity index (χ4n) is 0.272. The van der Waals surface area contributed by atoms with Gasteiger partial charge < -0.3 is 4.42 Å². The van der Waals surface area contributed by atoms with E-state index in [9.17, 15) is 0 Å². The van der Waals surface area contributed by atoms with E-state index in [-0.39, 0.29) is 14.9 Å². The largest absolute Gasteiger partial charge is 0.431 e. The molecule has 5 nitrogen and oxygen atoms in total. The molecular weight excluding hydrogens is 272 g/mol. The molecule has 2 heterocycles. The third-order valence-electron chi connectivity index (χ3n) is 0.565. The van der Waals surface area contributed by atoms with E-state index in [2.05, 4.69) is 66.4 Å². The number of hydrogen-bond acceptors (Lipinski definition) is 6. The van der Waals surface area contributed by atoms with Gasteiger partial charge in [-0.1, -0.05) is 56.4 Å². The minimum Gasteiger partial charge on any atom is -0.431 e.